The van der Waals surface area contributed by atoms with Gasteiger partial charge in [0.25, 0.3) is 0 Å². The number of hydrogen-bond acceptors (Lipinski definition) is 3. The summed E-state index contributed by atoms with van der Waals surface area (Å²) in [4.78, 5) is 16.2. The van der Waals surface area contributed by atoms with Crippen LogP contribution < -0.4 is 5.32 Å². The SMILES string of the molecule is Cc1ccc(F)c(NC(=O)CCc2ncc(-c3ccccc3)o2)c1. The van der Waals surface area contributed by atoms with Gasteiger partial charge in [-0.3, -0.25) is 4.79 Å². The van der Waals surface area contributed by atoms with Gasteiger partial charge in [-0.1, -0.05) is 36.4 Å². The number of amides is 1. The van der Waals surface area contributed by atoms with E-state index in [2.05, 4.69) is 10.3 Å². The average molecular weight is 324 g/mol. The predicted molar refractivity (Wildman–Crippen MR) is 90.0 cm³/mol. The summed E-state index contributed by atoms with van der Waals surface area (Å²) in [6.07, 6.45) is 2.16. The number of halogens is 1. The zero-order chi connectivity index (χ0) is 16.9. The lowest BCUT2D eigenvalue weighted by atomic mass is 10.2. The molecule has 1 N–H and O–H groups in total. The van der Waals surface area contributed by atoms with Gasteiger partial charge in [0.15, 0.2) is 11.7 Å². The van der Waals surface area contributed by atoms with Crippen molar-refractivity contribution in [1.82, 2.24) is 4.98 Å². The Morgan fingerprint density at radius 3 is 2.79 bits per heavy atom. The molecule has 4 nitrogen and oxygen atoms in total. The maximum absolute atomic E-state index is 13.6. The monoisotopic (exact) mass is 324 g/mol. The van der Waals surface area contributed by atoms with Crippen molar-refractivity contribution >= 4 is 11.6 Å². The van der Waals surface area contributed by atoms with E-state index >= 15 is 0 Å². The van der Waals surface area contributed by atoms with Crippen molar-refractivity contribution in [3.05, 3.63) is 72.0 Å². The van der Waals surface area contributed by atoms with Gasteiger partial charge in [-0.25, -0.2) is 9.37 Å². The standard InChI is InChI=1S/C19H17FN2O2/c1-13-7-8-15(20)16(11-13)22-18(23)9-10-19-21-12-17(24-19)14-5-3-2-4-6-14/h2-8,11-12H,9-10H2,1H3,(H,22,23). The normalized spacial score (nSPS) is 10.6. The van der Waals surface area contributed by atoms with E-state index < -0.39 is 5.82 Å². The number of anilines is 1. The first-order valence-corrected chi connectivity index (χ1v) is 7.68. The minimum atomic E-state index is -0.448. The molecule has 0 saturated heterocycles. The fourth-order valence-corrected chi connectivity index (χ4v) is 2.33. The van der Waals surface area contributed by atoms with Crippen LogP contribution in [0.3, 0.4) is 0 Å². The summed E-state index contributed by atoms with van der Waals surface area (Å²) < 4.78 is 19.3. The van der Waals surface area contributed by atoms with Gasteiger partial charge in [0.2, 0.25) is 5.91 Å². The summed E-state index contributed by atoms with van der Waals surface area (Å²) in [5.74, 6) is 0.417. The van der Waals surface area contributed by atoms with Crippen LogP contribution in [0.4, 0.5) is 10.1 Å². The molecule has 1 amide bonds. The predicted octanol–water partition coefficient (Wildman–Crippen LogP) is 4.36. The van der Waals surface area contributed by atoms with Crippen LogP contribution in [0.5, 0.6) is 0 Å². The highest BCUT2D eigenvalue weighted by Gasteiger charge is 2.11. The van der Waals surface area contributed by atoms with E-state index in [0.717, 1.165) is 11.1 Å². The third kappa shape index (κ3) is 3.87. The van der Waals surface area contributed by atoms with Crippen molar-refractivity contribution in [2.75, 3.05) is 5.32 Å². The summed E-state index contributed by atoms with van der Waals surface area (Å²) in [5, 5.41) is 2.58. The molecular weight excluding hydrogens is 307 g/mol. The molecule has 24 heavy (non-hydrogen) atoms. The van der Waals surface area contributed by atoms with Crippen molar-refractivity contribution in [2.24, 2.45) is 0 Å². The van der Waals surface area contributed by atoms with Crippen LogP contribution >= 0.6 is 0 Å². The van der Waals surface area contributed by atoms with Crippen molar-refractivity contribution in [1.29, 1.82) is 0 Å². The largest absolute Gasteiger partial charge is 0.441 e. The Morgan fingerprint density at radius 2 is 2.00 bits per heavy atom. The van der Waals surface area contributed by atoms with Crippen molar-refractivity contribution in [3.8, 4) is 11.3 Å². The number of aryl methyl sites for hydroxylation is 2. The number of oxazole rings is 1. The summed E-state index contributed by atoms with van der Waals surface area (Å²) in [5.41, 5.74) is 2.01. The molecule has 5 heteroatoms. The van der Waals surface area contributed by atoms with Crippen LogP contribution in [-0.4, -0.2) is 10.9 Å². The molecule has 3 rings (SSSR count). The summed E-state index contributed by atoms with van der Waals surface area (Å²) in [7, 11) is 0. The first-order valence-electron chi connectivity index (χ1n) is 7.68. The maximum Gasteiger partial charge on any atom is 0.224 e. The number of benzene rings is 2. The molecule has 2 aromatic carbocycles. The molecule has 0 bridgehead atoms. The molecule has 0 atom stereocenters. The molecule has 0 saturated carbocycles. The minimum Gasteiger partial charge on any atom is -0.441 e. The highest BCUT2D eigenvalue weighted by atomic mass is 19.1. The van der Waals surface area contributed by atoms with E-state index in [9.17, 15) is 9.18 Å². The third-order valence-corrected chi connectivity index (χ3v) is 3.57. The third-order valence-electron chi connectivity index (χ3n) is 3.57. The van der Waals surface area contributed by atoms with Gasteiger partial charge in [0.05, 0.1) is 11.9 Å². The van der Waals surface area contributed by atoms with E-state index in [1.54, 1.807) is 18.3 Å². The van der Waals surface area contributed by atoms with Gasteiger partial charge in [0.1, 0.15) is 5.82 Å². The average Bonchev–Trinajstić information content (AvgIpc) is 3.06. The van der Waals surface area contributed by atoms with Crippen molar-refractivity contribution in [3.63, 3.8) is 0 Å². The van der Waals surface area contributed by atoms with Gasteiger partial charge in [-0.2, -0.15) is 0 Å². The lowest BCUT2D eigenvalue weighted by Crippen LogP contribution is -2.13. The Kier molecular flexibility index (Phi) is 4.70. The van der Waals surface area contributed by atoms with Gasteiger partial charge >= 0.3 is 0 Å². The van der Waals surface area contributed by atoms with Gasteiger partial charge in [-0.15, -0.1) is 0 Å². The lowest BCUT2D eigenvalue weighted by molar-refractivity contribution is -0.116. The Labute approximate surface area is 139 Å². The highest BCUT2D eigenvalue weighted by Crippen LogP contribution is 2.20. The molecular formula is C19H17FN2O2. The maximum atomic E-state index is 13.6. The van der Waals surface area contributed by atoms with Crippen molar-refractivity contribution < 1.29 is 13.6 Å². The van der Waals surface area contributed by atoms with Crippen LogP contribution in [-0.2, 0) is 11.2 Å². The number of nitrogens with one attached hydrogen (secondary N) is 1. The number of carbonyl (C=O) groups is 1. The van der Waals surface area contributed by atoms with E-state index in [1.165, 1.54) is 6.07 Å². The van der Waals surface area contributed by atoms with E-state index in [-0.39, 0.29) is 18.0 Å². The molecule has 0 spiro atoms. The number of carbonyl (C=O) groups excluding carboxylic acids is 1. The second kappa shape index (κ2) is 7.08. The molecule has 0 aliphatic rings. The summed E-state index contributed by atoms with van der Waals surface area (Å²) >= 11 is 0. The van der Waals surface area contributed by atoms with Crippen molar-refractivity contribution in [2.45, 2.75) is 19.8 Å². The zero-order valence-corrected chi connectivity index (χ0v) is 13.3. The van der Waals surface area contributed by atoms with Gasteiger partial charge in [-0.05, 0) is 24.6 Å². The van der Waals surface area contributed by atoms with E-state index in [4.69, 9.17) is 4.42 Å². The molecule has 1 aromatic heterocycles. The smallest absolute Gasteiger partial charge is 0.224 e. The molecule has 3 aromatic rings. The molecule has 122 valence electrons. The topological polar surface area (TPSA) is 55.1 Å². The summed E-state index contributed by atoms with van der Waals surface area (Å²) in [6.45, 7) is 1.84. The molecule has 1 heterocycles. The molecule has 0 aliphatic heterocycles. The Hall–Kier alpha value is -2.95. The fraction of sp³-hybridized carbons (Fsp3) is 0.158. The van der Waals surface area contributed by atoms with E-state index in [1.807, 2.05) is 37.3 Å². The summed E-state index contributed by atoms with van der Waals surface area (Å²) in [6, 6.07) is 14.2. The molecule has 0 radical (unpaired) electrons. The van der Waals surface area contributed by atoms with Crippen LogP contribution in [0, 0.1) is 12.7 Å². The Balaban J connectivity index is 1.59. The van der Waals surface area contributed by atoms with Crippen LogP contribution in [0.1, 0.15) is 17.9 Å². The fourth-order valence-electron chi connectivity index (χ4n) is 2.33. The van der Waals surface area contributed by atoms with Crippen LogP contribution in [0.15, 0.2) is 59.1 Å². The number of rotatable bonds is 5. The first kappa shape index (κ1) is 15.9. The molecule has 0 unspecified atom stereocenters. The lowest BCUT2D eigenvalue weighted by Gasteiger charge is -2.06. The molecule has 0 fully saturated rings. The quantitative estimate of drug-likeness (QED) is 0.758. The number of hydrogen-bond donors (Lipinski definition) is 1. The molecule has 0 aliphatic carbocycles. The number of aromatic nitrogens is 1. The zero-order valence-electron chi connectivity index (χ0n) is 13.3. The second-order valence-corrected chi connectivity index (χ2v) is 5.52. The Morgan fingerprint density at radius 1 is 1.21 bits per heavy atom. The van der Waals surface area contributed by atoms with Crippen LogP contribution in [0.2, 0.25) is 0 Å². The number of nitrogens with zero attached hydrogens (tertiary/aromatic N) is 1. The first-order chi connectivity index (χ1) is 11.6. The van der Waals surface area contributed by atoms with Gasteiger partial charge < -0.3 is 9.73 Å². The van der Waals surface area contributed by atoms with Gasteiger partial charge in [0, 0.05) is 18.4 Å². The second-order valence-electron chi connectivity index (χ2n) is 5.52. The highest BCUT2D eigenvalue weighted by molar-refractivity contribution is 5.91. The van der Waals surface area contributed by atoms with E-state index in [0.29, 0.717) is 18.1 Å². The van der Waals surface area contributed by atoms with Crippen LogP contribution in [0.25, 0.3) is 11.3 Å². The minimum absolute atomic E-state index is 0.169. The Bertz CT molecular complexity index is 844.